The summed E-state index contributed by atoms with van der Waals surface area (Å²) in [6.45, 7) is 7.60. The molecule has 32 heavy (non-hydrogen) atoms. The van der Waals surface area contributed by atoms with E-state index in [2.05, 4.69) is 23.4 Å². The molecule has 0 spiro atoms. The highest BCUT2D eigenvalue weighted by molar-refractivity contribution is 5.87. The van der Waals surface area contributed by atoms with Gasteiger partial charge in [-0.2, -0.15) is 10.2 Å². The summed E-state index contributed by atoms with van der Waals surface area (Å²) in [5.74, 6) is -1.91. The molecular weight excluding hydrogens is 416 g/mol. The van der Waals surface area contributed by atoms with Gasteiger partial charge >= 0.3 is 24.6 Å². The van der Waals surface area contributed by atoms with Crippen molar-refractivity contribution in [2.75, 3.05) is 0 Å². The number of carbonyl (C=O) groups excluding carboxylic acids is 3. The van der Waals surface area contributed by atoms with E-state index in [4.69, 9.17) is 18.9 Å². The lowest BCUT2D eigenvalue weighted by molar-refractivity contribution is -0.246. The maximum atomic E-state index is 12.2. The SMILES string of the molecule is C=CC(=O)OC(OC(=O)OC(C)c1ccccc1N=Nc1ccccc1)OC(=O)C(=C)C. The van der Waals surface area contributed by atoms with Crippen LogP contribution in [0.15, 0.2) is 89.6 Å². The predicted molar refractivity (Wildman–Crippen MR) is 114 cm³/mol. The summed E-state index contributed by atoms with van der Waals surface area (Å²) in [5, 5.41) is 8.37. The Hall–Kier alpha value is -4.27. The monoisotopic (exact) mass is 438 g/mol. The van der Waals surface area contributed by atoms with Gasteiger partial charge in [0.05, 0.1) is 11.4 Å². The van der Waals surface area contributed by atoms with Crippen LogP contribution in [0.1, 0.15) is 25.5 Å². The van der Waals surface area contributed by atoms with Crippen molar-refractivity contribution < 1.29 is 33.3 Å². The molecule has 2 rings (SSSR count). The zero-order valence-electron chi connectivity index (χ0n) is 17.6. The Bertz CT molecular complexity index is 1020. The molecule has 2 aromatic rings. The largest absolute Gasteiger partial charge is 0.514 e. The van der Waals surface area contributed by atoms with Crippen molar-refractivity contribution in [1.29, 1.82) is 0 Å². The smallest absolute Gasteiger partial charge is 0.426 e. The quantitative estimate of drug-likeness (QED) is 0.221. The first kappa shape index (κ1) is 24.0. The predicted octanol–water partition coefficient (Wildman–Crippen LogP) is 5.45. The number of carbonyl (C=O) groups is 3. The van der Waals surface area contributed by atoms with Crippen LogP contribution in [0.5, 0.6) is 0 Å². The fraction of sp³-hybridized carbons (Fsp3) is 0.174. The molecule has 9 nitrogen and oxygen atoms in total. The van der Waals surface area contributed by atoms with Crippen molar-refractivity contribution in [3.63, 3.8) is 0 Å². The van der Waals surface area contributed by atoms with Gasteiger partial charge in [0.2, 0.25) is 0 Å². The van der Waals surface area contributed by atoms with Crippen LogP contribution < -0.4 is 0 Å². The molecule has 2 aromatic carbocycles. The van der Waals surface area contributed by atoms with Crippen LogP contribution in [0.4, 0.5) is 16.2 Å². The zero-order valence-corrected chi connectivity index (χ0v) is 17.6. The number of hydrogen-bond acceptors (Lipinski definition) is 9. The van der Waals surface area contributed by atoms with Crippen molar-refractivity contribution in [2.45, 2.75) is 26.4 Å². The van der Waals surface area contributed by atoms with Gasteiger partial charge in [-0.05, 0) is 32.0 Å². The van der Waals surface area contributed by atoms with Gasteiger partial charge in [0.25, 0.3) is 0 Å². The molecule has 0 bridgehead atoms. The van der Waals surface area contributed by atoms with Gasteiger partial charge < -0.3 is 18.9 Å². The van der Waals surface area contributed by atoms with Crippen LogP contribution in [-0.4, -0.2) is 24.6 Å². The lowest BCUT2D eigenvalue weighted by Gasteiger charge is -2.19. The summed E-state index contributed by atoms with van der Waals surface area (Å²) in [5.41, 5.74) is 1.68. The highest BCUT2D eigenvalue weighted by Gasteiger charge is 2.25. The van der Waals surface area contributed by atoms with E-state index in [1.54, 1.807) is 43.3 Å². The minimum Gasteiger partial charge on any atom is -0.426 e. The van der Waals surface area contributed by atoms with E-state index in [1.165, 1.54) is 6.92 Å². The topological polar surface area (TPSA) is 113 Å². The Morgan fingerprint density at radius 3 is 2.22 bits per heavy atom. The van der Waals surface area contributed by atoms with E-state index in [0.29, 0.717) is 16.9 Å². The molecular formula is C23H22N2O7. The highest BCUT2D eigenvalue weighted by atomic mass is 16.9. The molecule has 0 N–H and O–H groups in total. The molecule has 166 valence electrons. The van der Waals surface area contributed by atoms with Gasteiger partial charge in [-0.1, -0.05) is 49.6 Å². The van der Waals surface area contributed by atoms with E-state index in [-0.39, 0.29) is 5.57 Å². The average molecular weight is 438 g/mol. The molecule has 0 amide bonds. The summed E-state index contributed by atoms with van der Waals surface area (Å²) >= 11 is 0. The van der Waals surface area contributed by atoms with Crippen molar-refractivity contribution in [2.24, 2.45) is 10.2 Å². The molecule has 0 aliphatic carbocycles. The Kier molecular flexibility index (Phi) is 8.85. The fourth-order valence-electron chi connectivity index (χ4n) is 2.25. The van der Waals surface area contributed by atoms with Crippen LogP contribution in [0.3, 0.4) is 0 Å². The molecule has 0 fully saturated rings. The van der Waals surface area contributed by atoms with Crippen molar-refractivity contribution in [1.82, 2.24) is 0 Å². The van der Waals surface area contributed by atoms with Crippen molar-refractivity contribution in [3.05, 3.63) is 85.0 Å². The second-order valence-corrected chi connectivity index (χ2v) is 6.34. The Labute approximate surface area is 185 Å². The van der Waals surface area contributed by atoms with E-state index >= 15 is 0 Å². The molecule has 0 aromatic heterocycles. The zero-order chi connectivity index (χ0) is 23.5. The number of nitrogens with zero attached hydrogens (tertiary/aromatic N) is 2. The maximum Gasteiger partial charge on any atom is 0.514 e. The van der Waals surface area contributed by atoms with Crippen molar-refractivity contribution in [3.8, 4) is 0 Å². The first-order valence-corrected chi connectivity index (χ1v) is 9.42. The van der Waals surface area contributed by atoms with Gasteiger partial charge in [-0.15, -0.1) is 0 Å². The molecule has 2 atom stereocenters. The van der Waals surface area contributed by atoms with E-state index in [1.807, 2.05) is 18.2 Å². The van der Waals surface area contributed by atoms with Crippen LogP contribution in [0, 0.1) is 0 Å². The molecule has 0 saturated carbocycles. The van der Waals surface area contributed by atoms with Crippen molar-refractivity contribution >= 4 is 29.5 Å². The second-order valence-electron chi connectivity index (χ2n) is 6.34. The average Bonchev–Trinajstić information content (AvgIpc) is 2.78. The third-order valence-electron chi connectivity index (χ3n) is 3.80. The Morgan fingerprint density at radius 2 is 1.56 bits per heavy atom. The lowest BCUT2D eigenvalue weighted by Crippen LogP contribution is -2.30. The number of rotatable bonds is 9. The fourth-order valence-corrected chi connectivity index (χ4v) is 2.25. The number of benzene rings is 2. The molecule has 0 saturated heterocycles. The molecule has 0 radical (unpaired) electrons. The highest BCUT2D eigenvalue weighted by Crippen LogP contribution is 2.29. The third-order valence-corrected chi connectivity index (χ3v) is 3.80. The van der Waals surface area contributed by atoms with E-state index in [9.17, 15) is 14.4 Å². The minimum absolute atomic E-state index is 0.00712. The Balaban J connectivity index is 2.09. The summed E-state index contributed by atoms with van der Waals surface area (Å²) in [6, 6.07) is 16.0. The van der Waals surface area contributed by atoms with Crippen LogP contribution in [0.25, 0.3) is 0 Å². The standard InChI is InChI=1S/C23H22N2O7/c1-5-20(26)30-23(31-21(27)15(2)3)32-22(28)29-16(4)18-13-9-10-14-19(18)25-24-17-11-7-6-8-12-17/h5-14,16,23H,1-2H2,3-4H3. The van der Waals surface area contributed by atoms with Gasteiger partial charge in [0, 0.05) is 17.2 Å². The van der Waals surface area contributed by atoms with Crippen LogP contribution >= 0.6 is 0 Å². The van der Waals surface area contributed by atoms with Gasteiger partial charge in [-0.25, -0.2) is 14.4 Å². The second kappa shape index (κ2) is 11.8. The number of ether oxygens (including phenoxy) is 4. The Morgan fingerprint density at radius 1 is 0.906 bits per heavy atom. The molecule has 2 unspecified atom stereocenters. The molecule has 0 aliphatic heterocycles. The first-order chi connectivity index (χ1) is 15.3. The molecule has 0 aliphatic rings. The number of azo groups is 1. The van der Waals surface area contributed by atoms with E-state index < -0.39 is 30.7 Å². The summed E-state index contributed by atoms with van der Waals surface area (Å²) in [6.07, 6.45) is -1.25. The number of hydrogen-bond donors (Lipinski definition) is 0. The summed E-state index contributed by atoms with van der Waals surface area (Å²) in [4.78, 5) is 35.3. The van der Waals surface area contributed by atoms with Gasteiger partial charge in [0.15, 0.2) is 0 Å². The van der Waals surface area contributed by atoms with Gasteiger partial charge in [-0.3, -0.25) is 0 Å². The molecule has 0 heterocycles. The van der Waals surface area contributed by atoms with Gasteiger partial charge in [0.1, 0.15) is 6.10 Å². The lowest BCUT2D eigenvalue weighted by atomic mass is 10.1. The minimum atomic E-state index is -1.97. The number of esters is 2. The van der Waals surface area contributed by atoms with Crippen LogP contribution in [-0.2, 0) is 28.5 Å². The summed E-state index contributed by atoms with van der Waals surface area (Å²) in [7, 11) is 0. The molecule has 9 heteroatoms. The van der Waals surface area contributed by atoms with E-state index in [0.717, 1.165) is 6.08 Å². The third kappa shape index (κ3) is 7.52. The van der Waals surface area contributed by atoms with Crippen LogP contribution in [0.2, 0.25) is 0 Å². The maximum absolute atomic E-state index is 12.2. The summed E-state index contributed by atoms with van der Waals surface area (Å²) < 4.78 is 19.5. The first-order valence-electron chi connectivity index (χ1n) is 9.42. The normalized spacial score (nSPS) is 12.3.